The summed E-state index contributed by atoms with van der Waals surface area (Å²) in [6.07, 6.45) is 1.03. The van der Waals surface area contributed by atoms with Gasteiger partial charge in [0.1, 0.15) is 5.75 Å². The van der Waals surface area contributed by atoms with Gasteiger partial charge in [0.05, 0.1) is 22.2 Å². The highest BCUT2D eigenvalue weighted by molar-refractivity contribution is 6.04. The first-order valence-electron chi connectivity index (χ1n) is 5.37. The summed E-state index contributed by atoms with van der Waals surface area (Å²) >= 11 is 0. The normalized spacial score (nSPS) is 10.1. The first-order valence-corrected chi connectivity index (χ1v) is 5.37. The number of pyridine rings is 1. The van der Waals surface area contributed by atoms with Gasteiger partial charge in [-0.3, -0.25) is 14.9 Å². The maximum atomic E-state index is 12.6. The number of hydrogen-bond donors (Lipinski definition) is 2. The molecule has 0 atom stereocenters. The van der Waals surface area contributed by atoms with Crippen LogP contribution in [0, 0.1) is 16.1 Å². The second-order valence-corrected chi connectivity index (χ2v) is 3.78. The molecule has 20 heavy (non-hydrogen) atoms. The highest BCUT2D eigenvalue weighted by atomic mass is 19.1. The fourth-order valence-corrected chi connectivity index (χ4v) is 1.44. The van der Waals surface area contributed by atoms with Crippen LogP contribution in [0.3, 0.4) is 0 Å². The molecule has 2 rings (SSSR count). The van der Waals surface area contributed by atoms with Crippen LogP contribution in [-0.4, -0.2) is 20.9 Å². The summed E-state index contributed by atoms with van der Waals surface area (Å²) in [6, 6.07) is 5.49. The molecule has 0 radical (unpaired) electrons. The molecule has 0 saturated carbocycles. The zero-order valence-corrected chi connectivity index (χ0v) is 9.91. The maximum absolute atomic E-state index is 12.6. The number of carbonyl (C=O) groups excluding carboxylic acids is 1. The number of nitrogens with zero attached hydrogens (tertiary/aromatic N) is 2. The summed E-state index contributed by atoms with van der Waals surface area (Å²) < 4.78 is 12.6. The van der Waals surface area contributed by atoms with Crippen LogP contribution < -0.4 is 5.32 Å². The van der Waals surface area contributed by atoms with E-state index in [2.05, 4.69) is 10.3 Å². The molecule has 2 N–H and O–H groups in total. The first-order chi connectivity index (χ1) is 9.47. The van der Waals surface area contributed by atoms with Crippen LogP contribution in [0.4, 0.5) is 15.8 Å². The molecule has 0 aliphatic carbocycles. The fraction of sp³-hybridized carbons (Fsp3) is 0. The van der Waals surface area contributed by atoms with Crippen molar-refractivity contribution in [1.82, 2.24) is 4.98 Å². The molecule has 1 aromatic carbocycles. The number of halogens is 1. The maximum Gasteiger partial charge on any atom is 0.273 e. The van der Waals surface area contributed by atoms with Gasteiger partial charge < -0.3 is 10.4 Å². The van der Waals surface area contributed by atoms with Crippen molar-refractivity contribution in [2.45, 2.75) is 0 Å². The molecule has 0 spiro atoms. The summed E-state index contributed by atoms with van der Waals surface area (Å²) in [5.74, 6) is -1.79. The number of hydrogen-bond acceptors (Lipinski definition) is 5. The van der Waals surface area contributed by atoms with Crippen molar-refractivity contribution in [3.05, 3.63) is 58.2 Å². The third-order valence-electron chi connectivity index (χ3n) is 2.43. The van der Waals surface area contributed by atoms with E-state index in [1.165, 1.54) is 12.1 Å². The minimum atomic E-state index is -0.722. The van der Waals surface area contributed by atoms with E-state index in [1.807, 2.05) is 0 Å². The van der Waals surface area contributed by atoms with Gasteiger partial charge in [0.15, 0.2) is 0 Å². The number of nitrogens with one attached hydrogen (secondary N) is 1. The molecule has 102 valence electrons. The highest BCUT2D eigenvalue weighted by Gasteiger charge is 2.13. The van der Waals surface area contributed by atoms with Gasteiger partial charge in [-0.25, -0.2) is 4.98 Å². The molecule has 0 fully saturated rings. The summed E-state index contributed by atoms with van der Waals surface area (Å²) in [4.78, 5) is 24.9. The van der Waals surface area contributed by atoms with E-state index >= 15 is 0 Å². The van der Waals surface area contributed by atoms with Gasteiger partial charge in [-0.1, -0.05) is 0 Å². The van der Waals surface area contributed by atoms with E-state index < -0.39 is 22.5 Å². The summed E-state index contributed by atoms with van der Waals surface area (Å²) in [5, 5.41) is 22.4. The number of phenols is 1. The van der Waals surface area contributed by atoms with Crippen LogP contribution in [0.2, 0.25) is 0 Å². The predicted molar refractivity (Wildman–Crippen MR) is 66.9 cm³/mol. The number of anilines is 1. The second-order valence-electron chi connectivity index (χ2n) is 3.78. The molecule has 1 heterocycles. The number of carbonyl (C=O) groups is 1. The minimum Gasteiger partial charge on any atom is -0.506 e. The van der Waals surface area contributed by atoms with Gasteiger partial charge in [0, 0.05) is 12.3 Å². The quantitative estimate of drug-likeness (QED) is 0.387. The largest absolute Gasteiger partial charge is 0.506 e. The molecule has 1 aromatic heterocycles. The number of phenolic OH excluding ortho intramolecular Hbond substituents is 1. The number of rotatable bonds is 3. The number of benzene rings is 1. The molecule has 1 amide bonds. The van der Waals surface area contributed by atoms with Crippen LogP contribution in [0.25, 0.3) is 0 Å². The minimum absolute atomic E-state index is 0.00456. The van der Waals surface area contributed by atoms with Crippen LogP contribution in [0.15, 0.2) is 36.5 Å². The van der Waals surface area contributed by atoms with Gasteiger partial charge in [-0.05, 0) is 18.2 Å². The van der Waals surface area contributed by atoms with Crippen LogP contribution in [0.5, 0.6) is 5.75 Å². The SMILES string of the molecule is O=C(Nc1ccc([N+](=O)[O-])cc1O)c1ccc(F)nc1. The van der Waals surface area contributed by atoms with Crippen molar-refractivity contribution in [3.63, 3.8) is 0 Å². The molecular weight excluding hydrogens is 269 g/mol. The number of non-ortho nitro benzene ring substituents is 1. The van der Waals surface area contributed by atoms with E-state index in [4.69, 9.17) is 0 Å². The molecule has 0 bridgehead atoms. The lowest BCUT2D eigenvalue weighted by Gasteiger charge is -2.06. The summed E-state index contributed by atoms with van der Waals surface area (Å²) in [5.41, 5.74) is -0.210. The molecule has 0 aliphatic heterocycles. The van der Waals surface area contributed by atoms with Gasteiger partial charge in [0.2, 0.25) is 5.95 Å². The Labute approximate surface area is 111 Å². The molecule has 0 aliphatic rings. The standard InChI is InChI=1S/C12H8FN3O4/c13-11-4-1-7(6-14-11)12(18)15-9-3-2-8(16(19)20)5-10(9)17/h1-6,17H,(H,15,18). The second kappa shape index (κ2) is 5.31. The average Bonchev–Trinajstić information content (AvgIpc) is 2.41. The van der Waals surface area contributed by atoms with Gasteiger partial charge >= 0.3 is 0 Å². The molecule has 2 aromatic rings. The monoisotopic (exact) mass is 277 g/mol. The zero-order valence-electron chi connectivity index (χ0n) is 9.91. The van der Waals surface area contributed by atoms with Crippen LogP contribution in [-0.2, 0) is 0 Å². The molecule has 7 nitrogen and oxygen atoms in total. The van der Waals surface area contributed by atoms with E-state index in [9.17, 15) is 24.4 Å². The number of aromatic hydroxyl groups is 1. The smallest absolute Gasteiger partial charge is 0.273 e. The number of nitro groups is 1. The Bertz CT molecular complexity index is 673. The van der Waals surface area contributed by atoms with Crippen LogP contribution in [0.1, 0.15) is 10.4 Å². The van der Waals surface area contributed by atoms with Crippen LogP contribution >= 0.6 is 0 Å². The van der Waals surface area contributed by atoms with Crippen molar-refractivity contribution in [1.29, 1.82) is 0 Å². The van der Waals surface area contributed by atoms with Crippen molar-refractivity contribution >= 4 is 17.3 Å². The third-order valence-corrected chi connectivity index (χ3v) is 2.43. The Morgan fingerprint density at radius 1 is 1.35 bits per heavy atom. The average molecular weight is 277 g/mol. The fourth-order valence-electron chi connectivity index (χ4n) is 1.44. The Balaban J connectivity index is 2.19. The number of amides is 1. The molecular formula is C12H8FN3O4. The van der Waals surface area contributed by atoms with Crippen molar-refractivity contribution in [2.24, 2.45) is 0 Å². The topological polar surface area (TPSA) is 105 Å². The Morgan fingerprint density at radius 2 is 2.10 bits per heavy atom. The summed E-state index contributed by atoms with van der Waals surface area (Å²) in [7, 11) is 0. The van der Waals surface area contributed by atoms with Gasteiger partial charge in [0.25, 0.3) is 11.6 Å². The Kier molecular flexibility index (Phi) is 3.56. The first kappa shape index (κ1) is 13.4. The van der Waals surface area contributed by atoms with Crippen molar-refractivity contribution in [3.8, 4) is 5.75 Å². The highest BCUT2D eigenvalue weighted by Crippen LogP contribution is 2.28. The van der Waals surface area contributed by atoms with E-state index in [-0.39, 0.29) is 16.9 Å². The molecule has 0 saturated heterocycles. The predicted octanol–water partition coefficient (Wildman–Crippen LogP) is 2.09. The Morgan fingerprint density at radius 3 is 2.65 bits per heavy atom. The third kappa shape index (κ3) is 2.86. The van der Waals surface area contributed by atoms with Crippen molar-refractivity contribution < 1.29 is 19.2 Å². The van der Waals surface area contributed by atoms with E-state index in [0.29, 0.717) is 0 Å². The van der Waals surface area contributed by atoms with E-state index in [0.717, 1.165) is 24.4 Å². The lowest BCUT2D eigenvalue weighted by atomic mass is 10.2. The lowest BCUT2D eigenvalue weighted by molar-refractivity contribution is -0.384. The molecule has 8 heteroatoms. The van der Waals surface area contributed by atoms with Gasteiger partial charge in [-0.15, -0.1) is 0 Å². The van der Waals surface area contributed by atoms with E-state index in [1.54, 1.807) is 0 Å². The lowest BCUT2D eigenvalue weighted by Crippen LogP contribution is -2.12. The van der Waals surface area contributed by atoms with Gasteiger partial charge in [-0.2, -0.15) is 4.39 Å². The number of nitro benzene ring substituents is 1. The zero-order chi connectivity index (χ0) is 14.7. The number of aromatic nitrogens is 1. The Hall–Kier alpha value is -3.03. The summed E-state index contributed by atoms with van der Waals surface area (Å²) in [6.45, 7) is 0. The van der Waals surface area contributed by atoms with Crippen molar-refractivity contribution in [2.75, 3.05) is 5.32 Å². The molecule has 0 unspecified atom stereocenters.